The Balaban J connectivity index is 1.19. The quantitative estimate of drug-likeness (QED) is 0.115. The molecule has 0 radical (unpaired) electrons. The van der Waals surface area contributed by atoms with E-state index in [0.29, 0.717) is 23.5 Å². The number of nitrogens with one attached hydrogen (secondary N) is 1. The third kappa shape index (κ3) is 7.77. The molecule has 0 aromatic heterocycles. The zero-order valence-corrected chi connectivity index (χ0v) is 34.7. The molecule has 58 heavy (non-hydrogen) atoms. The Hall–Kier alpha value is -5.75. The molecule has 0 bridgehead atoms. The van der Waals surface area contributed by atoms with E-state index >= 15 is 4.79 Å². The van der Waals surface area contributed by atoms with E-state index in [1.165, 1.54) is 5.19 Å². The fraction of sp³-hybridized carbons (Fsp3) is 0.298. The van der Waals surface area contributed by atoms with E-state index < -0.39 is 19.8 Å². The number of para-hydroxylation sites is 1. The summed E-state index contributed by atoms with van der Waals surface area (Å²) in [6.45, 7) is 7.36. The van der Waals surface area contributed by atoms with Crippen molar-refractivity contribution in [2.45, 2.75) is 56.8 Å². The highest BCUT2D eigenvalue weighted by molar-refractivity contribution is 6.91. The number of hydrogen-bond donors (Lipinski definition) is 2. The van der Waals surface area contributed by atoms with Crippen molar-refractivity contribution in [1.82, 2.24) is 4.90 Å². The van der Waals surface area contributed by atoms with Gasteiger partial charge in [0.15, 0.2) is 5.60 Å². The lowest BCUT2D eigenvalue weighted by Gasteiger charge is -2.37. The van der Waals surface area contributed by atoms with Crippen LogP contribution >= 0.6 is 0 Å². The summed E-state index contributed by atoms with van der Waals surface area (Å²) in [6.07, 6.45) is -0.510. The SMILES string of the molecule is COc1ccc(C(=O)Nc2ccc(CN3C(=O)[C@]4(O[C@H](CC(=O)N(CCO)Cc5ccccc5)[C@@H]([Si](C)(C)c5ccc(OC)cc5)[C@@H]4C)c4ccccc43)cc2)cc1. The molecular weight excluding hydrogens is 747 g/mol. The molecule has 1 saturated heterocycles. The van der Waals surface area contributed by atoms with Gasteiger partial charge >= 0.3 is 0 Å². The Labute approximate surface area is 341 Å². The van der Waals surface area contributed by atoms with Crippen molar-refractivity contribution in [3.8, 4) is 11.5 Å². The van der Waals surface area contributed by atoms with Crippen molar-refractivity contribution in [2.24, 2.45) is 5.92 Å². The summed E-state index contributed by atoms with van der Waals surface area (Å²) in [5.41, 5.74) is 3.10. The number of ether oxygens (including phenoxy) is 3. The van der Waals surface area contributed by atoms with Gasteiger partial charge in [-0.3, -0.25) is 14.4 Å². The first kappa shape index (κ1) is 40.4. The Kier molecular flexibility index (Phi) is 11.9. The van der Waals surface area contributed by atoms with Crippen LogP contribution in [-0.2, 0) is 33.0 Å². The highest BCUT2D eigenvalue weighted by Gasteiger charge is 2.66. The van der Waals surface area contributed by atoms with E-state index in [0.717, 1.165) is 28.1 Å². The van der Waals surface area contributed by atoms with Crippen LogP contribution in [0, 0.1) is 5.92 Å². The van der Waals surface area contributed by atoms with Crippen LogP contribution in [0.15, 0.2) is 127 Å². The third-order valence-electron chi connectivity index (χ3n) is 12.0. The predicted octanol–water partition coefficient (Wildman–Crippen LogP) is 7.13. The number of aliphatic hydroxyl groups is 1. The van der Waals surface area contributed by atoms with Crippen LogP contribution in [0.3, 0.4) is 0 Å². The summed E-state index contributed by atoms with van der Waals surface area (Å²) in [7, 11) is 0.723. The van der Waals surface area contributed by atoms with Gasteiger partial charge in [-0.25, -0.2) is 0 Å². The molecule has 1 spiro atoms. The first-order chi connectivity index (χ1) is 28.0. The summed E-state index contributed by atoms with van der Waals surface area (Å²) in [4.78, 5) is 46.0. The Bertz CT molecular complexity index is 2230. The zero-order chi connectivity index (χ0) is 41.0. The van der Waals surface area contributed by atoms with Crippen LogP contribution in [0.25, 0.3) is 0 Å². The fourth-order valence-electron chi connectivity index (χ4n) is 8.96. The molecule has 7 rings (SSSR count). The first-order valence-corrected chi connectivity index (χ1v) is 22.8. The molecule has 1 fully saturated rings. The van der Waals surface area contributed by atoms with Gasteiger partial charge in [0.25, 0.3) is 11.8 Å². The topological polar surface area (TPSA) is 118 Å². The van der Waals surface area contributed by atoms with E-state index in [-0.39, 0.29) is 55.3 Å². The van der Waals surface area contributed by atoms with Crippen LogP contribution in [0.5, 0.6) is 11.5 Å². The second kappa shape index (κ2) is 17.0. The third-order valence-corrected chi connectivity index (χ3v) is 16.3. The second-order valence-corrected chi connectivity index (χ2v) is 20.4. The number of aliphatic hydroxyl groups excluding tert-OH is 1. The Morgan fingerprint density at radius 1 is 0.828 bits per heavy atom. The molecule has 2 aliphatic heterocycles. The summed E-state index contributed by atoms with van der Waals surface area (Å²) in [5.74, 6) is 0.612. The maximum absolute atomic E-state index is 15.2. The lowest BCUT2D eigenvalue weighted by atomic mass is 9.82. The highest BCUT2D eigenvalue weighted by atomic mass is 28.3. The van der Waals surface area contributed by atoms with Crippen LogP contribution in [0.1, 0.15) is 40.4 Å². The predicted molar refractivity (Wildman–Crippen MR) is 228 cm³/mol. The van der Waals surface area contributed by atoms with Crippen molar-refractivity contribution in [3.05, 3.63) is 150 Å². The highest BCUT2D eigenvalue weighted by Crippen LogP contribution is 2.60. The molecular formula is C47H51N3O7Si. The number of carbonyl (C=O) groups is 3. The van der Waals surface area contributed by atoms with E-state index in [1.807, 2.05) is 91.0 Å². The molecule has 300 valence electrons. The number of anilines is 2. The molecule has 3 amide bonds. The van der Waals surface area contributed by atoms with Crippen LogP contribution in [0.4, 0.5) is 11.4 Å². The zero-order valence-electron chi connectivity index (χ0n) is 33.7. The van der Waals surface area contributed by atoms with E-state index in [1.54, 1.807) is 48.3 Å². The Morgan fingerprint density at radius 3 is 2.09 bits per heavy atom. The van der Waals surface area contributed by atoms with Crippen LogP contribution < -0.4 is 24.9 Å². The van der Waals surface area contributed by atoms with E-state index in [9.17, 15) is 14.7 Å². The minimum Gasteiger partial charge on any atom is -0.497 e. The summed E-state index contributed by atoms with van der Waals surface area (Å²) in [5, 5.41) is 14.1. The molecule has 5 aromatic carbocycles. The smallest absolute Gasteiger partial charge is 0.264 e. The first-order valence-electron chi connectivity index (χ1n) is 19.7. The number of fused-ring (bicyclic) bond motifs is 2. The van der Waals surface area contributed by atoms with Gasteiger partial charge in [-0.05, 0) is 71.3 Å². The number of benzene rings is 5. The molecule has 0 unspecified atom stereocenters. The average molecular weight is 798 g/mol. The largest absolute Gasteiger partial charge is 0.497 e. The summed E-state index contributed by atoms with van der Waals surface area (Å²) >= 11 is 0. The molecule has 0 aliphatic carbocycles. The minimum absolute atomic E-state index is 0.0648. The van der Waals surface area contributed by atoms with Crippen molar-refractivity contribution >= 4 is 42.4 Å². The van der Waals surface area contributed by atoms with Gasteiger partial charge in [0, 0.05) is 35.8 Å². The number of amides is 3. The monoisotopic (exact) mass is 797 g/mol. The maximum Gasteiger partial charge on any atom is 0.264 e. The number of carbonyl (C=O) groups excluding carboxylic acids is 3. The van der Waals surface area contributed by atoms with Crippen molar-refractivity contribution in [2.75, 3.05) is 37.6 Å². The number of methoxy groups -OCH3 is 2. The van der Waals surface area contributed by atoms with Gasteiger partial charge < -0.3 is 34.4 Å². The molecule has 5 aromatic rings. The van der Waals surface area contributed by atoms with Crippen molar-refractivity contribution in [3.63, 3.8) is 0 Å². The van der Waals surface area contributed by atoms with Crippen LogP contribution in [0.2, 0.25) is 18.6 Å². The van der Waals surface area contributed by atoms with Gasteiger partial charge in [-0.1, -0.05) is 98.0 Å². The van der Waals surface area contributed by atoms with E-state index in [4.69, 9.17) is 14.2 Å². The standard InChI is InChI=1S/C47H51N3O7Si/c1-32-44(58(4,5)39-25-23-38(56-3)24-26-39)42(29-43(52)49(27-28-51)30-33-11-7-6-8-12-33)57-47(32)40-13-9-10-14-41(40)50(46(47)54)31-34-15-19-36(20-16-34)48-45(53)35-17-21-37(55-2)22-18-35/h6-26,32,42,44,51H,27-31H2,1-5H3,(H,48,53)/t32-,42+,44-,47+/m0/s1. The Morgan fingerprint density at radius 2 is 1.45 bits per heavy atom. The molecule has 2 aliphatic rings. The van der Waals surface area contributed by atoms with Gasteiger partial charge in [-0.15, -0.1) is 0 Å². The summed E-state index contributed by atoms with van der Waals surface area (Å²) in [6, 6.07) is 40.1. The minimum atomic E-state index is -2.50. The lowest BCUT2D eigenvalue weighted by Crippen LogP contribution is -2.52. The maximum atomic E-state index is 15.2. The van der Waals surface area contributed by atoms with Gasteiger partial charge in [0.2, 0.25) is 5.91 Å². The fourth-order valence-corrected chi connectivity index (χ4v) is 13.0. The molecule has 10 nitrogen and oxygen atoms in total. The number of rotatable bonds is 14. The van der Waals surface area contributed by atoms with Gasteiger partial charge in [-0.2, -0.15) is 0 Å². The molecule has 2 heterocycles. The summed E-state index contributed by atoms with van der Waals surface area (Å²) < 4.78 is 17.9. The van der Waals surface area contributed by atoms with Crippen LogP contribution in [-0.4, -0.2) is 69.3 Å². The molecule has 11 heteroatoms. The molecule has 2 N–H and O–H groups in total. The van der Waals surface area contributed by atoms with Gasteiger partial charge in [0.1, 0.15) is 11.5 Å². The normalized spacial score (nSPS) is 19.9. The van der Waals surface area contributed by atoms with Crippen molar-refractivity contribution in [1.29, 1.82) is 0 Å². The lowest BCUT2D eigenvalue weighted by molar-refractivity contribution is -0.150. The second-order valence-electron chi connectivity index (χ2n) is 15.7. The van der Waals surface area contributed by atoms with E-state index in [2.05, 4.69) is 37.5 Å². The van der Waals surface area contributed by atoms with Gasteiger partial charge in [0.05, 0.1) is 53.7 Å². The number of hydrogen-bond acceptors (Lipinski definition) is 7. The number of nitrogens with zero attached hydrogens (tertiary/aromatic N) is 2. The van der Waals surface area contributed by atoms with Crippen molar-refractivity contribution < 1.29 is 33.7 Å². The average Bonchev–Trinajstić information content (AvgIpc) is 3.67. The molecule has 0 saturated carbocycles. The molecule has 4 atom stereocenters.